The molecule has 1 atom stereocenters. The fourth-order valence-electron chi connectivity index (χ4n) is 4.07. The van der Waals surface area contributed by atoms with Crippen molar-refractivity contribution in [1.82, 2.24) is 20.4 Å². The molecule has 2 aliphatic rings. The predicted molar refractivity (Wildman–Crippen MR) is 124 cm³/mol. The first-order valence-corrected chi connectivity index (χ1v) is 10.2. The van der Waals surface area contributed by atoms with E-state index in [0.717, 1.165) is 63.0 Å². The fraction of sp³-hybridized carbons (Fsp3) is 0.571. The molecule has 0 saturated carbocycles. The van der Waals surface area contributed by atoms with Gasteiger partial charge in [0, 0.05) is 50.7 Å². The summed E-state index contributed by atoms with van der Waals surface area (Å²) in [5.74, 6) is 2.32. The van der Waals surface area contributed by atoms with Crippen molar-refractivity contribution < 1.29 is 9.26 Å². The summed E-state index contributed by atoms with van der Waals surface area (Å²) in [4.78, 5) is 11.2. The predicted octanol–water partition coefficient (Wildman–Crippen LogP) is 3.15. The van der Waals surface area contributed by atoms with Crippen LogP contribution in [-0.2, 0) is 17.6 Å². The minimum atomic E-state index is 0. The lowest BCUT2D eigenvalue weighted by molar-refractivity contribution is 0.156. The van der Waals surface area contributed by atoms with Crippen LogP contribution in [0.4, 0.5) is 0 Å². The molecule has 0 aliphatic carbocycles. The Kier molecular flexibility index (Phi) is 7.50. The van der Waals surface area contributed by atoms with Gasteiger partial charge in [0.25, 0.3) is 5.89 Å². The first-order chi connectivity index (χ1) is 13.7. The quantitative estimate of drug-likeness (QED) is 0.378. The minimum absolute atomic E-state index is 0. The van der Waals surface area contributed by atoms with Crippen molar-refractivity contribution in [2.75, 3.05) is 39.9 Å². The number of ether oxygens (including phenoxy) is 1. The van der Waals surface area contributed by atoms with E-state index in [1.54, 1.807) is 0 Å². The second kappa shape index (κ2) is 9.88. The third kappa shape index (κ3) is 5.09. The van der Waals surface area contributed by atoms with Crippen molar-refractivity contribution in [1.29, 1.82) is 0 Å². The molecule has 1 aromatic carbocycles. The van der Waals surface area contributed by atoms with Crippen LogP contribution < -0.4 is 5.32 Å². The molecule has 158 valence electrons. The maximum Gasteiger partial charge on any atom is 0.257 e. The molecule has 1 aromatic heterocycles. The Bertz CT molecular complexity index is 815. The zero-order chi connectivity index (χ0) is 19.4. The molecule has 2 aliphatic heterocycles. The van der Waals surface area contributed by atoms with Gasteiger partial charge < -0.3 is 19.5 Å². The van der Waals surface area contributed by atoms with E-state index in [-0.39, 0.29) is 24.0 Å². The molecule has 1 spiro atoms. The van der Waals surface area contributed by atoms with E-state index in [1.165, 1.54) is 18.4 Å². The van der Waals surface area contributed by atoms with E-state index in [0.29, 0.717) is 11.3 Å². The zero-order valence-electron chi connectivity index (χ0n) is 17.2. The van der Waals surface area contributed by atoms with Gasteiger partial charge in [-0.1, -0.05) is 24.2 Å². The summed E-state index contributed by atoms with van der Waals surface area (Å²) in [6.07, 6.45) is 4.09. The van der Waals surface area contributed by atoms with Crippen LogP contribution in [0.2, 0.25) is 0 Å². The van der Waals surface area contributed by atoms with Gasteiger partial charge in [0.15, 0.2) is 11.8 Å². The number of likely N-dealkylation sites (tertiary alicyclic amines) is 1. The van der Waals surface area contributed by atoms with E-state index in [4.69, 9.17) is 9.26 Å². The Morgan fingerprint density at radius 3 is 2.76 bits per heavy atom. The molecule has 2 aromatic rings. The molecule has 29 heavy (non-hydrogen) atoms. The molecule has 8 heteroatoms. The molecule has 1 unspecified atom stereocenters. The Hall–Kier alpha value is -1.68. The molecule has 0 radical (unpaired) electrons. The smallest absolute Gasteiger partial charge is 0.257 e. The van der Waals surface area contributed by atoms with Gasteiger partial charge in [-0.3, -0.25) is 4.99 Å². The van der Waals surface area contributed by atoms with Crippen molar-refractivity contribution in [3.05, 3.63) is 35.7 Å². The highest BCUT2D eigenvalue weighted by Crippen LogP contribution is 2.38. The average molecular weight is 511 g/mol. The van der Waals surface area contributed by atoms with Gasteiger partial charge in [-0.25, -0.2) is 0 Å². The van der Waals surface area contributed by atoms with Crippen molar-refractivity contribution in [2.24, 2.45) is 10.4 Å². The topological polar surface area (TPSA) is 75.8 Å². The van der Waals surface area contributed by atoms with Crippen LogP contribution in [0.3, 0.4) is 0 Å². The molecule has 1 N–H and O–H groups in total. The summed E-state index contributed by atoms with van der Waals surface area (Å²) in [7, 11) is 1.86. The number of halogens is 1. The van der Waals surface area contributed by atoms with E-state index in [1.807, 2.05) is 26.1 Å². The molecule has 4 rings (SSSR count). The fourth-order valence-corrected chi connectivity index (χ4v) is 4.07. The van der Waals surface area contributed by atoms with Crippen molar-refractivity contribution in [3.63, 3.8) is 0 Å². The minimum Gasteiger partial charge on any atom is -0.381 e. The molecule has 2 saturated heterocycles. The number of aryl methyl sites for hydroxylation is 1. The number of benzene rings is 1. The lowest BCUT2D eigenvalue weighted by Gasteiger charge is -2.25. The normalized spacial score (nSPS) is 21.6. The van der Waals surface area contributed by atoms with Crippen molar-refractivity contribution >= 4 is 29.9 Å². The first-order valence-electron chi connectivity index (χ1n) is 10.2. The van der Waals surface area contributed by atoms with Gasteiger partial charge >= 0.3 is 0 Å². The third-order valence-electron chi connectivity index (χ3n) is 5.82. The maximum absolute atomic E-state index is 5.63. The molecular weight excluding hydrogens is 481 g/mol. The molecule has 0 amide bonds. The monoisotopic (exact) mass is 511 g/mol. The molecule has 7 nitrogen and oxygen atoms in total. The Balaban J connectivity index is 0.00000240. The summed E-state index contributed by atoms with van der Waals surface area (Å²) in [5.41, 5.74) is 2.57. The Labute approximate surface area is 189 Å². The summed E-state index contributed by atoms with van der Waals surface area (Å²) in [6, 6.07) is 8.33. The van der Waals surface area contributed by atoms with Crippen LogP contribution in [-0.4, -0.2) is 60.9 Å². The van der Waals surface area contributed by atoms with Crippen LogP contribution in [0.25, 0.3) is 11.5 Å². The number of hydrogen-bond acceptors (Lipinski definition) is 5. The van der Waals surface area contributed by atoms with Crippen molar-refractivity contribution in [2.45, 2.75) is 32.6 Å². The first kappa shape index (κ1) is 22.0. The number of aromatic nitrogens is 2. The van der Waals surface area contributed by atoms with Gasteiger partial charge in [0.05, 0.1) is 6.61 Å². The highest BCUT2D eigenvalue weighted by molar-refractivity contribution is 14.0. The molecular formula is C21H30IN5O2. The third-order valence-corrected chi connectivity index (χ3v) is 5.82. The van der Waals surface area contributed by atoms with Gasteiger partial charge in [-0.2, -0.15) is 4.98 Å². The summed E-state index contributed by atoms with van der Waals surface area (Å²) < 4.78 is 10.9. The standard InChI is InChI=1S/C21H29N5O2.HI/c1-3-18-24-19(28-25-18)17-6-4-16(5-7-17)8-11-23-20(22-2)26-12-9-21(14-26)10-13-27-15-21;/h4-7H,3,8-15H2,1-2H3,(H,22,23);1H. The SMILES string of the molecule is CCc1noc(-c2ccc(CCNC(=NC)N3CCC4(CCOC4)C3)cc2)n1.I. The average Bonchev–Trinajstić information content (AvgIpc) is 3.48. The lowest BCUT2D eigenvalue weighted by atomic mass is 9.87. The highest BCUT2D eigenvalue weighted by atomic mass is 127. The Morgan fingerprint density at radius 1 is 1.28 bits per heavy atom. The number of guanidine groups is 1. The number of hydrogen-bond donors (Lipinski definition) is 1. The van der Waals surface area contributed by atoms with Crippen LogP contribution in [0.1, 0.15) is 31.2 Å². The molecule has 0 bridgehead atoms. The number of nitrogens with zero attached hydrogens (tertiary/aromatic N) is 4. The van der Waals surface area contributed by atoms with E-state index < -0.39 is 0 Å². The van der Waals surface area contributed by atoms with Crippen LogP contribution in [0.15, 0.2) is 33.8 Å². The number of nitrogens with one attached hydrogen (secondary N) is 1. The zero-order valence-corrected chi connectivity index (χ0v) is 19.5. The van der Waals surface area contributed by atoms with Gasteiger partial charge in [-0.05, 0) is 37.0 Å². The van der Waals surface area contributed by atoms with Crippen LogP contribution >= 0.6 is 24.0 Å². The molecule has 2 fully saturated rings. The number of aliphatic imine (C=N–C) groups is 1. The summed E-state index contributed by atoms with van der Waals surface area (Å²) in [5, 5.41) is 7.47. The van der Waals surface area contributed by atoms with E-state index in [9.17, 15) is 0 Å². The number of rotatable bonds is 5. The second-order valence-electron chi connectivity index (χ2n) is 7.76. The lowest BCUT2D eigenvalue weighted by Crippen LogP contribution is -2.42. The highest BCUT2D eigenvalue weighted by Gasteiger charge is 2.42. The maximum atomic E-state index is 5.63. The Morgan fingerprint density at radius 2 is 2.10 bits per heavy atom. The summed E-state index contributed by atoms with van der Waals surface area (Å²) in [6.45, 7) is 6.77. The van der Waals surface area contributed by atoms with E-state index >= 15 is 0 Å². The van der Waals surface area contributed by atoms with Gasteiger partial charge in [0.1, 0.15) is 0 Å². The van der Waals surface area contributed by atoms with Crippen LogP contribution in [0, 0.1) is 5.41 Å². The summed E-state index contributed by atoms with van der Waals surface area (Å²) >= 11 is 0. The largest absolute Gasteiger partial charge is 0.381 e. The van der Waals surface area contributed by atoms with Gasteiger partial charge in [0.2, 0.25) is 0 Å². The molecule has 3 heterocycles. The van der Waals surface area contributed by atoms with Crippen molar-refractivity contribution in [3.8, 4) is 11.5 Å². The van der Waals surface area contributed by atoms with Gasteiger partial charge in [-0.15, -0.1) is 24.0 Å². The van der Waals surface area contributed by atoms with Crippen LogP contribution in [0.5, 0.6) is 0 Å². The second-order valence-corrected chi connectivity index (χ2v) is 7.76. The van der Waals surface area contributed by atoms with E-state index in [2.05, 4.69) is 37.5 Å².